The zero-order valence-electron chi connectivity index (χ0n) is 14.0. The monoisotopic (exact) mass is 358 g/mol. The number of carbonyl (C=O) groups is 1. The molecule has 1 aliphatic rings. The van der Waals surface area contributed by atoms with Gasteiger partial charge in [-0.05, 0) is 30.7 Å². The summed E-state index contributed by atoms with van der Waals surface area (Å²) in [7, 11) is 0. The molecule has 5 nitrogen and oxygen atoms in total. The van der Waals surface area contributed by atoms with E-state index in [1.165, 1.54) is 0 Å². The summed E-state index contributed by atoms with van der Waals surface area (Å²) in [5.41, 5.74) is 1.61. The Labute approximate surface area is 152 Å². The molecule has 1 amide bonds. The molecule has 0 bridgehead atoms. The lowest BCUT2D eigenvalue weighted by Gasteiger charge is -2.35. The van der Waals surface area contributed by atoms with Crippen molar-refractivity contribution in [1.82, 2.24) is 9.88 Å². The summed E-state index contributed by atoms with van der Waals surface area (Å²) in [6.07, 6.45) is 4.11. The molecular formula is C19H22N2O3S. The maximum atomic E-state index is 12.9. The fourth-order valence-corrected chi connectivity index (χ4v) is 3.96. The predicted octanol–water partition coefficient (Wildman–Crippen LogP) is 2.60. The number of carbonyl (C=O) groups excluding carboxylic acids is 1. The standard InChI is InChI=1S/C19H22N2O3S/c22-9-6-17-14-25-10-8-21(17)19(23)16-4-1-5-18(11-16)24-13-15-3-2-7-20-12-15/h1-5,7,11-12,17,22H,6,8-10,13-14H2/t17-/m1/s1. The zero-order valence-corrected chi connectivity index (χ0v) is 14.8. The first-order valence-electron chi connectivity index (χ1n) is 8.39. The van der Waals surface area contributed by atoms with E-state index in [9.17, 15) is 9.90 Å². The number of hydrogen-bond acceptors (Lipinski definition) is 5. The summed E-state index contributed by atoms with van der Waals surface area (Å²) in [5.74, 6) is 2.49. The highest BCUT2D eigenvalue weighted by atomic mass is 32.2. The van der Waals surface area contributed by atoms with Crippen molar-refractivity contribution in [2.45, 2.75) is 19.1 Å². The molecule has 1 saturated heterocycles. The number of aliphatic hydroxyl groups is 1. The summed E-state index contributed by atoms with van der Waals surface area (Å²) >= 11 is 1.83. The summed E-state index contributed by atoms with van der Waals surface area (Å²) in [6, 6.07) is 11.2. The van der Waals surface area contributed by atoms with Gasteiger partial charge in [0.1, 0.15) is 12.4 Å². The summed E-state index contributed by atoms with van der Waals surface area (Å²) < 4.78 is 5.79. The highest BCUT2D eigenvalue weighted by Gasteiger charge is 2.27. The van der Waals surface area contributed by atoms with Crippen LogP contribution in [0.5, 0.6) is 5.75 Å². The molecule has 3 rings (SSSR count). The minimum absolute atomic E-state index is 0.00516. The van der Waals surface area contributed by atoms with Crippen molar-refractivity contribution in [1.29, 1.82) is 0 Å². The molecule has 2 heterocycles. The topological polar surface area (TPSA) is 62.7 Å². The number of nitrogens with zero attached hydrogens (tertiary/aromatic N) is 2. The Morgan fingerprint density at radius 2 is 2.28 bits per heavy atom. The molecule has 1 aromatic heterocycles. The SMILES string of the molecule is O=C(c1cccc(OCc2cccnc2)c1)N1CCSC[C@H]1CCO. The Balaban J connectivity index is 1.68. The quantitative estimate of drug-likeness (QED) is 0.860. The molecule has 2 aromatic rings. The van der Waals surface area contributed by atoms with Gasteiger partial charge in [-0.3, -0.25) is 9.78 Å². The van der Waals surface area contributed by atoms with Crippen LogP contribution in [-0.2, 0) is 6.61 Å². The van der Waals surface area contributed by atoms with Gasteiger partial charge < -0.3 is 14.7 Å². The minimum Gasteiger partial charge on any atom is -0.489 e. The van der Waals surface area contributed by atoms with Crippen LogP contribution >= 0.6 is 11.8 Å². The van der Waals surface area contributed by atoms with Crippen molar-refractivity contribution in [3.63, 3.8) is 0 Å². The number of ether oxygens (including phenoxy) is 1. The second kappa shape index (κ2) is 8.87. The lowest BCUT2D eigenvalue weighted by atomic mass is 10.1. The average molecular weight is 358 g/mol. The van der Waals surface area contributed by atoms with Crippen LogP contribution in [0.1, 0.15) is 22.3 Å². The number of aromatic nitrogens is 1. The van der Waals surface area contributed by atoms with Crippen LogP contribution in [0.15, 0.2) is 48.8 Å². The molecule has 0 spiro atoms. The van der Waals surface area contributed by atoms with Crippen molar-refractivity contribution in [2.75, 3.05) is 24.7 Å². The van der Waals surface area contributed by atoms with Gasteiger partial charge in [0.2, 0.25) is 0 Å². The van der Waals surface area contributed by atoms with Gasteiger partial charge in [0.15, 0.2) is 0 Å². The van der Waals surface area contributed by atoms with Gasteiger partial charge in [-0.2, -0.15) is 11.8 Å². The number of amides is 1. The van der Waals surface area contributed by atoms with Crippen LogP contribution in [0.25, 0.3) is 0 Å². The fraction of sp³-hybridized carbons (Fsp3) is 0.368. The third-order valence-corrected chi connectivity index (χ3v) is 5.25. The first-order chi connectivity index (χ1) is 12.3. The van der Waals surface area contributed by atoms with E-state index in [2.05, 4.69) is 4.98 Å². The Morgan fingerprint density at radius 3 is 3.08 bits per heavy atom. The van der Waals surface area contributed by atoms with Gasteiger partial charge >= 0.3 is 0 Å². The van der Waals surface area contributed by atoms with Gasteiger partial charge in [-0.25, -0.2) is 0 Å². The van der Waals surface area contributed by atoms with E-state index in [0.717, 1.165) is 23.6 Å². The van der Waals surface area contributed by atoms with Gasteiger partial charge in [-0.15, -0.1) is 0 Å². The van der Waals surface area contributed by atoms with Gasteiger partial charge in [0, 0.05) is 54.2 Å². The van der Waals surface area contributed by atoms with Gasteiger partial charge in [0.05, 0.1) is 0 Å². The predicted molar refractivity (Wildman–Crippen MR) is 98.9 cm³/mol. The third kappa shape index (κ3) is 4.74. The number of hydrogen-bond donors (Lipinski definition) is 1. The molecule has 1 fully saturated rings. The normalized spacial score (nSPS) is 17.3. The fourth-order valence-electron chi connectivity index (χ4n) is 2.85. The summed E-state index contributed by atoms with van der Waals surface area (Å²) in [6.45, 7) is 1.23. The van der Waals surface area contributed by atoms with E-state index >= 15 is 0 Å². The van der Waals surface area contributed by atoms with Crippen LogP contribution in [0.4, 0.5) is 0 Å². The van der Waals surface area contributed by atoms with E-state index in [1.54, 1.807) is 18.5 Å². The number of pyridine rings is 1. The summed E-state index contributed by atoms with van der Waals surface area (Å²) in [5, 5.41) is 9.24. The molecule has 1 N–H and O–H groups in total. The largest absolute Gasteiger partial charge is 0.489 e. The molecule has 1 aromatic carbocycles. The van der Waals surface area contributed by atoms with E-state index in [1.807, 2.05) is 47.0 Å². The Bertz CT molecular complexity index is 694. The number of thioether (sulfide) groups is 1. The van der Waals surface area contributed by atoms with E-state index in [4.69, 9.17) is 4.74 Å². The van der Waals surface area contributed by atoms with Crippen LogP contribution in [0.2, 0.25) is 0 Å². The first-order valence-corrected chi connectivity index (χ1v) is 9.55. The molecular weight excluding hydrogens is 336 g/mol. The molecule has 0 saturated carbocycles. The van der Waals surface area contributed by atoms with E-state index in [0.29, 0.717) is 24.3 Å². The Morgan fingerprint density at radius 1 is 1.36 bits per heavy atom. The van der Waals surface area contributed by atoms with Crippen LogP contribution in [-0.4, -0.2) is 51.6 Å². The Hall–Kier alpha value is -2.05. The Kier molecular flexibility index (Phi) is 6.30. The highest BCUT2D eigenvalue weighted by molar-refractivity contribution is 7.99. The molecule has 25 heavy (non-hydrogen) atoms. The first kappa shape index (κ1) is 17.8. The zero-order chi connectivity index (χ0) is 17.5. The molecule has 0 unspecified atom stereocenters. The maximum absolute atomic E-state index is 12.9. The van der Waals surface area contributed by atoms with Gasteiger partial charge in [-0.1, -0.05) is 12.1 Å². The third-order valence-electron chi connectivity index (χ3n) is 4.16. The number of aliphatic hydroxyl groups excluding tert-OH is 1. The average Bonchev–Trinajstić information content (AvgIpc) is 2.68. The number of rotatable bonds is 6. The van der Waals surface area contributed by atoms with Crippen LogP contribution < -0.4 is 4.74 Å². The van der Waals surface area contributed by atoms with Gasteiger partial charge in [0.25, 0.3) is 5.91 Å². The van der Waals surface area contributed by atoms with E-state index in [-0.39, 0.29) is 18.6 Å². The highest BCUT2D eigenvalue weighted by Crippen LogP contribution is 2.23. The second-order valence-corrected chi connectivity index (χ2v) is 7.07. The molecule has 132 valence electrons. The smallest absolute Gasteiger partial charge is 0.254 e. The van der Waals surface area contributed by atoms with Crippen molar-refractivity contribution in [3.05, 3.63) is 59.9 Å². The molecule has 1 aliphatic heterocycles. The number of benzene rings is 1. The van der Waals surface area contributed by atoms with Crippen molar-refractivity contribution >= 4 is 17.7 Å². The summed E-state index contributed by atoms with van der Waals surface area (Å²) in [4.78, 5) is 18.8. The van der Waals surface area contributed by atoms with Crippen molar-refractivity contribution in [2.24, 2.45) is 0 Å². The van der Waals surface area contributed by atoms with Crippen molar-refractivity contribution in [3.8, 4) is 5.75 Å². The second-order valence-electron chi connectivity index (χ2n) is 5.92. The van der Waals surface area contributed by atoms with E-state index < -0.39 is 0 Å². The molecule has 6 heteroatoms. The lowest BCUT2D eigenvalue weighted by molar-refractivity contribution is 0.0677. The lowest BCUT2D eigenvalue weighted by Crippen LogP contribution is -2.46. The van der Waals surface area contributed by atoms with Crippen LogP contribution in [0, 0.1) is 0 Å². The molecule has 1 atom stereocenters. The maximum Gasteiger partial charge on any atom is 0.254 e. The minimum atomic E-state index is 0.00516. The molecule has 0 aliphatic carbocycles. The molecule has 0 radical (unpaired) electrons. The van der Waals surface area contributed by atoms with Crippen molar-refractivity contribution < 1.29 is 14.6 Å². The van der Waals surface area contributed by atoms with Crippen LogP contribution in [0.3, 0.4) is 0 Å².